The molecular formula is C29H32F5N9O2. The fourth-order valence-corrected chi connectivity index (χ4v) is 5.35. The van der Waals surface area contributed by atoms with E-state index in [1.54, 1.807) is 18.7 Å². The Labute approximate surface area is 255 Å². The highest BCUT2D eigenvalue weighted by atomic mass is 19.4. The number of aromatic nitrogens is 5. The molecule has 0 saturated carbocycles. The molecule has 11 nitrogen and oxygen atoms in total. The molecule has 0 aromatic carbocycles. The molecule has 6 heterocycles. The van der Waals surface area contributed by atoms with Gasteiger partial charge in [-0.2, -0.15) is 23.1 Å². The summed E-state index contributed by atoms with van der Waals surface area (Å²) in [6, 6.07) is 0.798. The molecule has 45 heavy (non-hydrogen) atoms. The van der Waals surface area contributed by atoms with Crippen LogP contribution in [0, 0.1) is 18.6 Å². The monoisotopic (exact) mass is 633 g/mol. The molecule has 2 atom stereocenters. The van der Waals surface area contributed by atoms with Crippen molar-refractivity contribution < 1.29 is 31.4 Å². The average molecular weight is 634 g/mol. The highest BCUT2D eigenvalue weighted by Gasteiger charge is 2.40. The van der Waals surface area contributed by atoms with Crippen LogP contribution in [-0.4, -0.2) is 69.7 Å². The van der Waals surface area contributed by atoms with Crippen molar-refractivity contribution in [1.29, 1.82) is 0 Å². The first-order valence-corrected chi connectivity index (χ1v) is 14.0. The lowest BCUT2D eigenvalue weighted by atomic mass is 10.0. The van der Waals surface area contributed by atoms with E-state index in [1.807, 2.05) is 0 Å². The summed E-state index contributed by atoms with van der Waals surface area (Å²) in [7, 11) is 3.39. The van der Waals surface area contributed by atoms with Gasteiger partial charge in [0.15, 0.2) is 5.82 Å². The molecule has 0 radical (unpaired) electrons. The van der Waals surface area contributed by atoms with Gasteiger partial charge in [-0.15, -0.1) is 0 Å². The SMILES string of the molecule is CN1CCC1.COc1nc2c3c(nc(-c4nc(N)cc(C)c4C(F)(F)F)c(F)c3n1)OC[C@H](C)N2C(C)c1cc(F)cnc1N. The number of methoxy groups -OCH3 is 1. The fraction of sp³-hybridized carbons (Fsp3) is 0.414. The van der Waals surface area contributed by atoms with Crippen molar-refractivity contribution in [3.63, 3.8) is 0 Å². The van der Waals surface area contributed by atoms with Crippen LogP contribution < -0.4 is 25.8 Å². The van der Waals surface area contributed by atoms with E-state index in [1.165, 1.54) is 39.6 Å². The van der Waals surface area contributed by atoms with Gasteiger partial charge in [-0.25, -0.2) is 23.7 Å². The van der Waals surface area contributed by atoms with Crippen LogP contribution in [0.4, 0.5) is 39.4 Å². The molecular weight excluding hydrogens is 601 g/mol. The van der Waals surface area contributed by atoms with Gasteiger partial charge in [0, 0.05) is 5.56 Å². The number of ether oxygens (including phenoxy) is 2. The lowest BCUT2D eigenvalue weighted by Gasteiger charge is -2.34. The highest BCUT2D eigenvalue weighted by Crippen LogP contribution is 2.45. The number of hydrogen-bond acceptors (Lipinski definition) is 11. The zero-order valence-corrected chi connectivity index (χ0v) is 25.2. The van der Waals surface area contributed by atoms with Crippen LogP contribution in [0.2, 0.25) is 0 Å². The molecule has 4 N–H and O–H groups in total. The molecule has 0 amide bonds. The molecule has 4 aromatic heterocycles. The van der Waals surface area contributed by atoms with Crippen molar-refractivity contribution in [3.05, 3.63) is 46.7 Å². The molecule has 2 aliphatic rings. The van der Waals surface area contributed by atoms with Crippen LogP contribution in [0.1, 0.15) is 43.0 Å². The van der Waals surface area contributed by atoms with Crippen molar-refractivity contribution in [2.45, 2.75) is 45.5 Å². The predicted octanol–water partition coefficient (Wildman–Crippen LogP) is 4.93. The number of nitrogen functional groups attached to an aromatic ring is 2. The Balaban J connectivity index is 0.000000729. The van der Waals surface area contributed by atoms with Crippen molar-refractivity contribution in [2.75, 3.05) is 50.2 Å². The Morgan fingerprint density at radius 2 is 1.76 bits per heavy atom. The molecule has 240 valence electrons. The quantitative estimate of drug-likeness (QED) is 0.296. The van der Waals surface area contributed by atoms with Gasteiger partial charge in [0.05, 0.1) is 31.0 Å². The smallest absolute Gasteiger partial charge is 0.418 e. The summed E-state index contributed by atoms with van der Waals surface area (Å²) in [5, 5.41) is -0.0321. The van der Waals surface area contributed by atoms with Crippen LogP contribution in [0.5, 0.6) is 11.9 Å². The van der Waals surface area contributed by atoms with E-state index in [0.717, 1.165) is 12.3 Å². The Hall–Kier alpha value is -4.60. The topological polar surface area (TPSA) is 141 Å². The van der Waals surface area contributed by atoms with Crippen molar-refractivity contribution in [3.8, 4) is 23.3 Å². The Kier molecular flexibility index (Phi) is 8.53. The number of likely N-dealkylation sites (tertiary alicyclic amines) is 1. The number of nitrogens with two attached hydrogens (primary N) is 2. The maximum atomic E-state index is 16.2. The fourth-order valence-electron chi connectivity index (χ4n) is 5.35. The summed E-state index contributed by atoms with van der Waals surface area (Å²) in [5.41, 5.74) is 8.63. The van der Waals surface area contributed by atoms with E-state index in [9.17, 15) is 17.6 Å². The van der Waals surface area contributed by atoms with Crippen LogP contribution in [-0.2, 0) is 6.18 Å². The molecule has 6 rings (SSSR count). The molecule has 2 aliphatic heterocycles. The van der Waals surface area contributed by atoms with Crippen LogP contribution in [0.15, 0.2) is 18.3 Å². The maximum Gasteiger partial charge on any atom is 0.418 e. The third kappa shape index (κ3) is 6.06. The number of rotatable bonds is 4. The van der Waals surface area contributed by atoms with E-state index >= 15 is 4.39 Å². The molecule has 4 aromatic rings. The van der Waals surface area contributed by atoms with Gasteiger partial charge < -0.3 is 30.7 Å². The largest absolute Gasteiger partial charge is 0.475 e. The Bertz CT molecular complexity index is 1750. The third-order valence-corrected chi connectivity index (χ3v) is 7.68. The zero-order valence-electron chi connectivity index (χ0n) is 25.2. The van der Waals surface area contributed by atoms with Gasteiger partial charge in [-0.1, -0.05) is 0 Å². The van der Waals surface area contributed by atoms with Gasteiger partial charge >= 0.3 is 12.2 Å². The number of anilines is 3. The minimum Gasteiger partial charge on any atom is -0.475 e. The van der Waals surface area contributed by atoms with Gasteiger partial charge in [0.25, 0.3) is 0 Å². The number of aryl methyl sites for hydroxylation is 1. The standard InChI is InChI=1S/C25H23F5N8O2.C4H9N/c1-9-5-14(31)34-19(16(9)25(28,29)30)20-17(27)18-15-22(37-24(36-18)39-4)38(10(2)8-40-23(15)35-20)11(3)13-6-12(26)7-33-21(13)32;1-5-3-2-4-5/h5-7,10-11H,8H2,1-4H3,(H2,31,34)(H2,32,33);2-4H2,1H3/t10-,11?;/m0./s1. The van der Waals surface area contributed by atoms with Crippen LogP contribution >= 0.6 is 0 Å². The van der Waals surface area contributed by atoms with E-state index < -0.39 is 52.4 Å². The summed E-state index contributed by atoms with van der Waals surface area (Å²) < 4.78 is 83.6. The highest BCUT2D eigenvalue weighted by molar-refractivity contribution is 5.97. The second-order valence-electron chi connectivity index (χ2n) is 11.0. The number of halogens is 5. The van der Waals surface area contributed by atoms with Gasteiger partial charge in [0.1, 0.15) is 52.2 Å². The van der Waals surface area contributed by atoms with E-state index in [-0.39, 0.29) is 46.9 Å². The summed E-state index contributed by atoms with van der Waals surface area (Å²) in [6.45, 7) is 7.23. The van der Waals surface area contributed by atoms with Crippen molar-refractivity contribution >= 4 is 28.4 Å². The van der Waals surface area contributed by atoms with E-state index in [0.29, 0.717) is 5.56 Å². The molecule has 0 bridgehead atoms. The van der Waals surface area contributed by atoms with Gasteiger partial charge in [0.2, 0.25) is 5.88 Å². The first kappa shape index (κ1) is 31.8. The Morgan fingerprint density at radius 1 is 1.07 bits per heavy atom. The average Bonchev–Trinajstić information content (AvgIpc) is 3.09. The maximum absolute atomic E-state index is 16.2. The molecule has 1 unspecified atom stereocenters. The summed E-state index contributed by atoms with van der Waals surface area (Å²) >= 11 is 0. The van der Waals surface area contributed by atoms with Crippen LogP contribution in [0.25, 0.3) is 22.3 Å². The predicted molar refractivity (Wildman–Crippen MR) is 158 cm³/mol. The van der Waals surface area contributed by atoms with Gasteiger partial charge in [-0.05, 0) is 65.0 Å². The first-order valence-electron chi connectivity index (χ1n) is 14.0. The minimum absolute atomic E-state index is 0.0321. The molecule has 1 fully saturated rings. The Morgan fingerprint density at radius 3 is 2.36 bits per heavy atom. The van der Waals surface area contributed by atoms with Gasteiger partial charge in [-0.3, -0.25) is 0 Å². The van der Waals surface area contributed by atoms with E-state index in [4.69, 9.17) is 20.9 Å². The molecule has 0 aliphatic carbocycles. The first-order chi connectivity index (χ1) is 21.2. The van der Waals surface area contributed by atoms with Crippen molar-refractivity contribution in [2.24, 2.45) is 0 Å². The zero-order chi connectivity index (χ0) is 32.8. The number of pyridine rings is 3. The third-order valence-electron chi connectivity index (χ3n) is 7.68. The van der Waals surface area contributed by atoms with Crippen molar-refractivity contribution in [1.82, 2.24) is 29.8 Å². The minimum atomic E-state index is -4.90. The van der Waals surface area contributed by atoms with Crippen LogP contribution in [0.3, 0.4) is 0 Å². The normalized spacial score (nSPS) is 17.1. The number of hydrogen-bond donors (Lipinski definition) is 2. The summed E-state index contributed by atoms with van der Waals surface area (Å²) in [4.78, 5) is 24.3. The summed E-state index contributed by atoms with van der Waals surface area (Å²) in [5.74, 6) is -2.19. The lowest BCUT2D eigenvalue weighted by molar-refractivity contribution is -0.137. The number of alkyl halides is 3. The second-order valence-corrected chi connectivity index (χ2v) is 11.0. The molecule has 1 saturated heterocycles. The second kappa shape index (κ2) is 12.1. The molecule has 0 spiro atoms. The number of nitrogens with zero attached hydrogens (tertiary/aromatic N) is 7. The summed E-state index contributed by atoms with van der Waals surface area (Å²) in [6.07, 6.45) is -2.51. The molecule has 16 heteroatoms. The lowest BCUT2D eigenvalue weighted by Crippen LogP contribution is -2.39. The van der Waals surface area contributed by atoms with E-state index in [2.05, 4.69) is 36.9 Å².